The van der Waals surface area contributed by atoms with E-state index in [2.05, 4.69) is 0 Å². The zero-order valence-electron chi connectivity index (χ0n) is 10.6. The second-order valence-corrected chi connectivity index (χ2v) is 4.92. The van der Waals surface area contributed by atoms with Gasteiger partial charge in [0.25, 0.3) is 0 Å². The summed E-state index contributed by atoms with van der Waals surface area (Å²) in [6.07, 6.45) is -0.897. The molecular weight excluding hydrogens is 220 g/mol. The van der Waals surface area contributed by atoms with Crippen molar-refractivity contribution >= 4 is 6.16 Å². The van der Waals surface area contributed by atoms with Crippen molar-refractivity contribution in [2.75, 3.05) is 0 Å². The first-order valence-corrected chi connectivity index (χ1v) is 5.40. The molecule has 0 aliphatic carbocycles. The summed E-state index contributed by atoms with van der Waals surface area (Å²) in [6, 6.07) is 8.66. The normalized spacial score (nSPS) is 14.9. The summed E-state index contributed by atoms with van der Waals surface area (Å²) < 4.78 is 9.87. The lowest BCUT2D eigenvalue weighted by atomic mass is 10.1. The summed E-state index contributed by atoms with van der Waals surface area (Å²) in [5.74, 6) is -1.69. The molecule has 0 aromatic heterocycles. The molecule has 94 valence electrons. The minimum Gasteiger partial charge on any atom is -0.428 e. The highest BCUT2D eigenvalue weighted by Crippen LogP contribution is 2.23. The Morgan fingerprint density at radius 1 is 1.06 bits per heavy atom. The SMILES string of the molecule is CC(C)(C)OC(=O)OC(C)(O)c1ccccc1. The van der Waals surface area contributed by atoms with Crippen LogP contribution in [0.15, 0.2) is 30.3 Å². The number of hydrogen-bond acceptors (Lipinski definition) is 4. The van der Waals surface area contributed by atoms with E-state index in [0.29, 0.717) is 5.56 Å². The Bertz CT molecular complexity index is 376. The van der Waals surface area contributed by atoms with Gasteiger partial charge in [-0.15, -0.1) is 0 Å². The molecule has 1 rings (SSSR count). The summed E-state index contributed by atoms with van der Waals surface area (Å²) in [4.78, 5) is 11.4. The van der Waals surface area contributed by atoms with Gasteiger partial charge in [-0.1, -0.05) is 30.3 Å². The fourth-order valence-electron chi connectivity index (χ4n) is 1.24. The van der Waals surface area contributed by atoms with Crippen LogP contribution in [0.4, 0.5) is 4.79 Å². The molecule has 4 nitrogen and oxygen atoms in total. The van der Waals surface area contributed by atoms with Gasteiger partial charge in [0.2, 0.25) is 5.79 Å². The van der Waals surface area contributed by atoms with Gasteiger partial charge in [0.15, 0.2) is 0 Å². The van der Waals surface area contributed by atoms with Crippen molar-refractivity contribution in [2.24, 2.45) is 0 Å². The fraction of sp³-hybridized carbons (Fsp3) is 0.462. The van der Waals surface area contributed by atoms with E-state index < -0.39 is 17.5 Å². The Balaban J connectivity index is 2.71. The van der Waals surface area contributed by atoms with Gasteiger partial charge >= 0.3 is 6.16 Å². The predicted octanol–water partition coefficient (Wildman–Crippen LogP) is 2.80. The average molecular weight is 238 g/mol. The van der Waals surface area contributed by atoms with Gasteiger partial charge in [-0.25, -0.2) is 4.79 Å². The molecule has 0 aliphatic rings. The molecule has 0 fully saturated rings. The highest BCUT2D eigenvalue weighted by Gasteiger charge is 2.30. The highest BCUT2D eigenvalue weighted by molar-refractivity contribution is 5.61. The molecule has 0 saturated carbocycles. The maximum Gasteiger partial charge on any atom is 0.511 e. The van der Waals surface area contributed by atoms with Crippen LogP contribution in [0.25, 0.3) is 0 Å². The number of carbonyl (C=O) groups excluding carboxylic acids is 1. The molecule has 0 heterocycles. The molecule has 0 bridgehead atoms. The number of ether oxygens (including phenoxy) is 2. The van der Waals surface area contributed by atoms with Crippen LogP contribution >= 0.6 is 0 Å². The zero-order chi connectivity index (χ0) is 13.1. The van der Waals surface area contributed by atoms with E-state index in [1.54, 1.807) is 45.0 Å². The lowest BCUT2D eigenvalue weighted by molar-refractivity contribution is -0.179. The van der Waals surface area contributed by atoms with E-state index >= 15 is 0 Å². The maximum atomic E-state index is 11.4. The minimum atomic E-state index is -1.69. The third kappa shape index (κ3) is 4.44. The third-order valence-corrected chi connectivity index (χ3v) is 1.98. The van der Waals surface area contributed by atoms with Gasteiger partial charge in [0.05, 0.1) is 0 Å². The van der Waals surface area contributed by atoms with E-state index in [0.717, 1.165) is 0 Å². The largest absolute Gasteiger partial charge is 0.511 e. The topological polar surface area (TPSA) is 55.8 Å². The second kappa shape index (κ2) is 4.75. The van der Waals surface area contributed by atoms with Gasteiger partial charge < -0.3 is 14.6 Å². The number of rotatable bonds is 2. The lowest BCUT2D eigenvalue weighted by Crippen LogP contribution is -2.33. The van der Waals surface area contributed by atoms with Crippen LogP contribution in [0.2, 0.25) is 0 Å². The van der Waals surface area contributed by atoms with E-state index in [9.17, 15) is 9.90 Å². The minimum absolute atomic E-state index is 0.492. The van der Waals surface area contributed by atoms with Gasteiger partial charge in [-0.2, -0.15) is 0 Å². The Hall–Kier alpha value is -1.55. The quantitative estimate of drug-likeness (QED) is 0.635. The first kappa shape index (κ1) is 13.5. The Kier molecular flexibility index (Phi) is 3.78. The number of hydrogen-bond donors (Lipinski definition) is 1. The molecule has 4 heteroatoms. The van der Waals surface area contributed by atoms with Crippen molar-refractivity contribution in [1.29, 1.82) is 0 Å². The van der Waals surface area contributed by atoms with Gasteiger partial charge in [-0.3, -0.25) is 0 Å². The smallest absolute Gasteiger partial charge is 0.428 e. The highest BCUT2D eigenvalue weighted by atomic mass is 16.8. The molecule has 1 aromatic carbocycles. The van der Waals surface area contributed by atoms with Gasteiger partial charge in [-0.05, 0) is 20.8 Å². The van der Waals surface area contributed by atoms with E-state index in [-0.39, 0.29) is 0 Å². The average Bonchev–Trinajstić information content (AvgIpc) is 2.15. The first-order chi connectivity index (χ1) is 7.71. The Morgan fingerprint density at radius 2 is 1.59 bits per heavy atom. The van der Waals surface area contributed by atoms with E-state index in [4.69, 9.17) is 9.47 Å². The summed E-state index contributed by atoms with van der Waals surface area (Å²) in [5.41, 5.74) is -0.157. The van der Waals surface area contributed by atoms with E-state index in [1.807, 2.05) is 6.07 Å². The van der Waals surface area contributed by atoms with Crippen molar-refractivity contribution in [3.05, 3.63) is 35.9 Å². The molecule has 17 heavy (non-hydrogen) atoms. The van der Waals surface area contributed by atoms with Crippen LogP contribution in [0.3, 0.4) is 0 Å². The Labute approximate surface area is 101 Å². The van der Waals surface area contributed by atoms with Crippen molar-refractivity contribution in [2.45, 2.75) is 39.1 Å². The molecule has 0 saturated heterocycles. The lowest BCUT2D eigenvalue weighted by Gasteiger charge is -2.26. The summed E-state index contributed by atoms with van der Waals surface area (Å²) in [5, 5.41) is 10.0. The molecular formula is C13H18O4. The van der Waals surface area contributed by atoms with Crippen LogP contribution in [0, 0.1) is 0 Å². The summed E-state index contributed by atoms with van der Waals surface area (Å²) >= 11 is 0. The van der Waals surface area contributed by atoms with Crippen molar-refractivity contribution in [3.8, 4) is 0 Å². The van der Waals surface area contributed by atoms with Crippen LogP contribution in [-0.2, 0) is 15.3 Å². The molecule has 1 N–H and O–H groups in total. The summed E-state index contributed by atoms with van der Waals surface area (Å²) in [7, 11) is 0. The number of carbonyl (C=O) groups is 1. The molecule has 0 radical (unpaired) electrons. The zero-order valence-corrected chi connectivity index (χ0v) is 10.6. The number of benzene rings is 1. The van der Waals surface area contributed by atoms with Crippen molar-refractivity contribution in [3.63, 3.8) is 0 Å². The van der Waals surface area contributed by atoms with Crippen LogP contribution in [0.1, 0.15) is 33.3 Å². The molecule has 0 amide bonds. The monoisotopic (exact) mass is 238 g/mol. The molecule has 0 spiro atoms. The van der Waals surface area contributed by atoms with Crippen LogP contribution in [0.5, 0.6) is 0 Å². The first-order valence-electron chi connectivity index (χ1n) is 5.40. The standard InChI is InChI=1S/C13H18O4/c1-12(2,3)16-11(14)17-13(4,15)10-8-6-5-7-9-10/h5-9,15H,1-4H3. The maximum absolute atomic E-state index is 11.4. The van der Waals surface area contributed by atoms with Crippen LogP contribution < -0.4 is 0 Å². The molecule has 1 unspecified atom stereocenters. The second-order valence-electron chi connectivity index (χ2n) is 4.92. The molecule has 1 atom stereocenters. The van der Waals surface area contributed by atoms with Crippen LogP contribution in [-0.4, -0.2) is 16.9 Å². The molecule has 0 aliphatic heterocycles. The molecule has 1 aromatic rings. The van der Waals surface area contributed by atoms with Crippen molar-refractivity contribution in [1.82, 2.24) is 0 Å². The van der Waals surface area contributed by atoms with Gasteiger partial charge in [0, 0.05) is 12.5 Å². The third-order valence-electron chi connectivity index (χ3n) is 1.98. The van der Waals surface area contributed by atoms with Crippen molar-refractivity contribution < 1.29 is 19.4 Å². The summed E-state index contributed by atoms with van der Waals surface area (Å²) in [6.45, 7) is 6.58. The number of aliphatic hydroxyl groups is 1. The van der Waals surface area contributed by atoms with Gasteiger partial charge in [0.1, 0.15) is 5.60 Å². The fourth-order valence-corrected chi connectivity index (χ4v) is 1.24. The predicted molar refractivity (Wildman–Crippen MR) is 63.3 cm³/mol. The Morgan fingerprint density at radius 3 is 2.06 bits per heavy atom. The van der Waals surface area contributed by atoms with E-state index in [1.165, 1.54) is 6.92 Å².